The van der Waals surface area contributed by atoms with E-state index in [9.17, 15) is 4.39 Å². The zero-order chi connectivity index (χ0) is 18.8. The Morgan fingerprint density at radius 2 is 2.11 bits per heavy atom. The number of halogens is 2. The van der Waals surface area contributed by atoms with Crippen LogP contribution in [0.4, 0.5) is 15.8 Å². The number of rotatable bonds is 5. The second-order valence-electron chi connectivity index (χ2n) is 6.24. The summed E-state index contributed by atoms with van der Waals surface area (Å²) in [6.07, 6.45) is 2.54. The highest BCUT2D eigenvalue weighted by atomic mass is 35.5. The van der Waals surface area contributed by atoms with E-state index in [-0.39, 0.29) is 11.1 Å². The van der Waals surface area contributed by atoms with Crippen molar-refractivity contribution in [2.45, 2.75) is 12.5 Å². The topological polar surface area (TPSA) is 52.6 Å². The lowest BCUT2D eigenvalue weighted by molar-refractivity contribution is 0.139. The van der Waals surface area contributed by atoms with E-state index in [4.69, 9.17) is 25.8 Å². The third-order valence-electron chi connectivity index (χ3n) is 4.41. The van der Waals surface area contributed by atoms with Gasteiger partial charge in [-0.2, -0.15) is 0 Å². The van der Waals surface area contributed by atoms with Crippen molar-refractivity contribution in [1.29, 1.82) is 0 Å². The Hall–Kier alpha value is -2.57. The van der Waals surface area contributed by atoms with Gasteiger partial charge in [0.05, 0.1) is 30.9 Å². The number of anilines is 2. The second kappa shape index (κ2) is 7.58. The molecule has 0 spiro atoms. The van der Waals surface area contributed by atoms with Crippen LogP contribution in [0.3, 0.4) is 0 Å². The molecule has 0 radical (unpaired) electrons. The first kappa shape index (κ1) is 17.8. The Labute approximate surface area is 161 Å². The predicted octanol–water partition coefficient (Wildman–Crippen LogP) is 4.95. The van der Waals surface area contributed by atoms with E-state index in [0.717, 1.165) is 23.0 Å². The highest BCUT2D eigenvalue weighted by molar-refractivity contribution is 6.31. The maximum absolute atomic E-state index is 13.4. The quantitative estimate of drug-likeness (QED) is 0.670. The lowest BCUT2D eigenvalue weighted by Gasteiger charge is -2.17. The molecule has 0 unspecified atom stereocenters. The van der Waals surface area contributed by atoms with Crippen molar-refractivity contribution < 1.29 is 18.6 Å². The molecule has 7 heteroatoms. The van der Waals surface area contributed by atoms with Gasteiger partial charge in [0.1, 0.15) is 11.9 Å². The van der Waals surface area contributed by atoms with Crippen LogP contribution in [0.5, 0.6) is 11.5 Å². The number of hydrogen-bond donors (Lipinski definition) is 1. The first-order chi connectivity index (χ1) is 13.1. The van der Waals surface area contributed by atoms with Crippen molar-refractivity contribution in [3.8, 4) is 11.5 Å². The number of benzene rings is 2. The molecule has 1 aliphatic rings. The van der Waals surface area contributed by atoms with Gasteiger partial charge in [-0.25, -0.2) is 4.39 Å². The van der Waals surface area contributed by atoms with E-state index in [2.05, 4.69) is 10.3 Å². The molecule has 5 nitrogen and oxygen atoms in total. The van der Waals surface area contributed by atoms with Crippen LogP contribution in [-0.2, 0) is 4.74 Å². The van der Waals surface area contributed by atoms with Crippen molar-refractivity contribution in [2.24, 2.45) is 0 Å². The summed E-state index contributed by atoms with van der Waals surface area (Å²) in [6, 6.07) is 10.1. The van der Waals surface area contributed by atoms with Crippen LogP contribution in [0, 0.1) is 5.82 Å². The van der Waals surface area contributed by atoms with Crippen LogP contribution in [0.15, 0.2) is 42.6 Å². The van der Waals surface area contributed by atoms with Crippen molar-refractivity contribution in [2.75, 3.05) is 25.6 Å². The molecule has 2 heterocycles. The fraction of sp³-hybridized carbons (Fsp3) is 0.250. The average Bonchev–Trinajstić information content (AvgIpc) is 3.18. The average molecular weight is 389 g/mol. The smallest absolute Gasteiger partial charge is 0.162 e. The normalized spacial score (nSPS) is 16.5. The molecule has 1 N–H and O–H groups in total. The molecule has 3 aromatic rings. The van der Waals surface area contributed by atoms with Crippen LogP contribution < -0.4 is 14.8 Å². The summed E-state index contributed by atoms with van der Waals surface area (Å²) in [5.41, 5.74) is 2.23. The van der Waals surface area contributed by atoms with Gasteiger partial charge in [-0.05, 0) is 30.3 Å². The lowest BCUT2D eigenvalue weighted by Crippen LogP contribution is -2.16. The number of methoxy groups -OCH3 is 1. The fourth-order valence-corrected chi connectivity index (χ4v) is 3.21. The highest BCUT2D eigenvalue weighted by Gasteiger charge is 2.20. The molecule has 27 heavy (non-hydrogen) atoms. The monoisotopic (exact) mass is 388 g/mol. The molecule has 1 atom stereocenters. The van der Waals surface area contributed by atoms with Gasteiger partial charge < -0.3 is 19.5 Å². The number of nitrogens with one attached hydrogen (secondary N) is 1. The molecule has 0 saturated carbocycles. The van der Waals surface area contributed by atoms with E-state index in [1.54, 1.807) is 25.4 Å². The highest BCUT2D eigenvalue weighted by Crippen LogP contribution is 2.37. The number of hydrogen-bond acceptors (Lipinski definition) is 5. The number of pyridine rings is 1. The Morgan fingerprint density at radius 3 is 2.85 bits per heavy atom. The number of aromatic nitrogens is 1. The summed E-state index contributed by atoms with van der Waals surface area (Å²) in [6.45, 7) is 1.26. The molecule has 4 rings (SSSR count). The summed E-state index contributed by atoms with van der Waals surface area (Å²) < 4.78 is 30.3. The molecular weight excluding hydrogens is 371 g/mol. The zero-order valence-corrected chi connectivity index (χ0v) is 15.4. The molecule has 1 aromatic heterocycles. The SMILES string of the molecule is COc1cc2nccc(Nc3ccc(F)c(Cl)c3)c2cc1O[C@H]1CCOC1. The van der Waals surface area contributed by atoms with E-state index < -0.39 is 5.82 Å². The van der Waals surface area contributed by atoms with Crippen molar-refractivity contribution in [3.63, 3.8) is 0 Å². The van der Waals surface area contributed by atoms with E-state index >= 15 is 0 Å². The summed E-state index contributed by atoms with van der Waals surface area (Å²) in [5, 5.41) is 4.18. The maximum Gasteiger partial charge on any atom is 0.162 e. The van der Waals surface area contributed by atoms with Gasteiger partial charge in [0.2, 0.25) is 0 Å². The van der Waals surface area contributed by atoms with E-state index in [1.807, 2.05) is 18.2 Å². The Balaban J connectivity index is 1.72. The molecule has 0 bridgehead atoms. The molecular formula is C20H18ClFN2O3. The molecule has 1 saturated heterocycles. The van der Waals surface area contributed by atoms with Crippen LogP contribution in [0.1, 0.15) is 6.42 Å². The summed E-state index contributed by atoms with van der Waals surface area (Å²) >= 11 is 5.88. The van der Waals surface area contributed by atoms with E-state index in [1.165, 1.54) is 6.07 Å². The van der Waals surface area contributed by atoms with E-state index in [0.29, 0.717) is 30.4 Å². The first-order valence-electron chi connectivity index (χ1n) is 8.57. The first-order valence-corrected chi connectivity index (χ1v) is 8.95. The van der Waals surface area contributed by atoms with Gasteiger partial charge >= 0.3 is 0 Å². The summed E-state index contributed by atoms with van der Waals surface area (Å²) in [4.78, 5) is 4.41. The minimum atomic E-state index is -0.457. The fourth-order valence-electron chi connectivity index (χ4n) is 3.03. The summed E-state index contributed by atoms with van der Waals surface area (Å²) in [5.74, 6) is 0.790. The van der Waals surface area contributed by atoms with Crippen molar-refractivity contribution in [3.05, 3.63) is 53.4 Å². The molecule has 1 aliphatic heterocycles. The minimum Gasteiger partial charge on any atom is -0.493 e. The second-order valence-corrected chi connectivity index (χ2v) is 6.64. The van der Waals surface area contributed by atoms with Crippen molar-refractivity contribution >= 4 is 33.9 Å². The van der Waals surface area contributed by atoms with Gasteiger partial charge in [-0.15, -0.1) is 0 Å². The summed E-state index contributed by atoms with van der Waals surface area (Å²) in [7, 11) is 1.60. The number of nitrogens with zero attached hydrogens (tertiary/aromatic N) is 1. The molecule has 1 fully saturated rings. The minimum absolute atomic E-state index is 0.000311. The van der Waals surface area contributed by atoms with Gasteiger partial charge in [0, 0.05) is 35.4 Å². The lowest BCUT2D eigenvalue weighted by atomic mass is 10.1. The zero-order valence-electron chi connectivity index (χ0n) is 14.7. The molecule has 2 aromatic carbocycles. The third kappa shape index (κ3) is 3.77. The largest absolute Gasteiger partial charge is 0.493 e. The van der Waals surface area contributed by atoms with Crippen LogP contribution in [0.25, 0.3) is 10.9 Å². The molecule has 0 amide bonds. The van der Waals surface area contributed by atoms with Gasteiger partial charge in [-0.3, -0.25) is 4.98 Å². The van der Waals surface area contributed by atoms with Crippen LogP contribution >= 0.6 is 11.6 Å². The van der Waals surface area contributed by atoms with Gasteiger partial charge in [0.15, 0.2) is 11.5 Å². The standard InChI is InChI=1S/C20H18ClFN2O3/c1-25-19-10-18-14(9-20(19)27-13-5-7-26-11-13)17(4-6-23-18)24-12-2-3-16(22)15(21)8-12/h2-4,6,8-10,13H,5,7,11H2,1H3,(H,23,24)/t13-/m0/s1. The predicted molar refractivity (Wildman–Crippen MR) is 103 cm³/mol. The Morgan fingerprint density at radius 1 is 1.22 bits per heavy atom. The van der Waals surface area contributed by atoms with Crippen LogP contribution in [-0.4, -0.2) is 31.4 Å². The number of ether oxygens (including phenoxy) is 3. The molecule has 140 valence electrons. The Kier molecular flexibility index (Phi) is 5.01. The van der Waals surface area contributed by atoms with Gasteiger partial charge in [0.25, 0.3) is 0 Å². The maximum atomic E-state index is 13.4. The third-order valence-corrected chi connectivity index (χ3v) is 4.70. The number of fused-ring (bicyclic) bond motifs is 1. The van der Waals surface area contributed by atoms with Crippen LogP contribution in [0.2, 0.25) is 5.02 Å². The molecule has 0 aliphatic carbocycles. The Bertz CT molecular complexity index is 977. The van der Waals surface area contributed by atoms with Gasteiger partial charge in [-0.1, -0.05) is 11.6 Å². The van der Waals surface area contributed by atoms with Crippen molar-refractivity contribution in [1.82, 2.24) is 4.98 Å².